The predicted molar refractivity (Wildman–Crippen MR) is 165 cm³/mol. The molecule has 6 rings (SSSR count). The molecule has 2 atom stereocenters. The second-order valence-electron chi connectivity index (χ2n) is 12.4. The number of carbonyl (C=O) groups excluding carboxylic acids is 2. The van der Waals surface area contributed by atoms with Crippen molar-refractivity contribution in [2.24, 2.45) is 0 Å². The number of amides is 2. The maximum absolute atomic E-state index is 12.6. The average molecular weight is 595 g/mol. The van der Waals surface area contributed by atoms with Gasteiger partial charge in [-0.1, -0.05) is 41.9 Å². The molecule has 0 aromatic heterocycles. The molecule has 0 bridgehead atoms. The fourth-order valence-electron chi connectivity index (χ4n) is 6.65. The van der Waals surface area contributed by atoms with Gasteiger partial charge in [0.05, 0.1) is 23.6 Å². The van der Waals surface area contributed by atoms with E-state index in [1.807, 2.05) is 12.1 Å². The molecule has 41 heavy (non-hydrogen) atoms. The monoisotopic (exact) mass is 594 g/mol. The molecule has 0 saturated carbocycles. The van der Waals surface area contributed by atoms with Crippen molar-refractivity contribution < 1.29 is 14.3 Å². The first-order chi connectivity index (χ1) is 19.7. The van der Waals surface area contributed by atoms with Crippen molar-refractivity contribution in [1.29, 1.82) is 0 Å². The molecule has 0 spiro atoms. The van der Waals surface area contributed by atoms with Gasteiger partial charge in [0.25, 0.3) is 0 Å². The zero-order valence-corrected chi connectivity index (χ0v) is 25.5. The molecule has 4 aliphatic rings. The number of halogens is 1. The molecule has 1 N–H and O–H groups in total. The lowest BCUT2D eigenvalue weighted by molar-refractivity contribution is -0.137. The molecule has 0 aliphatic carbocycles. The minimum atomic E-state index is -0.319. The standard InChI is InChI=1S/C32H39ClN4O3S/c1-32(2)16-26(21-6-8-24(33)9-7-21)23(20-40-32)18-36-14-12-35(13-15-36)17-22-4-3-5-25-27(22)19-37(31(25)41)28-10-11-29(38)34-30(28)39/h3-9,28,31,41H,10-20H2,1-2H3,(H,34,38,39). The number of imide groups is 1. The van der Waals surface area contributed by atoms with Gasteiger partial charge in [-0.15, -0.1) is 0 Å². The van der Waals surface area contributed by atoms with Crippen LogP contribution in [-0.4, -0.2) is 77.5 Å². The fraction of sp³-hybridized carbons (Fsp3) is 0.500. The number of ether oxygens (including phenoxy) is 1. The summed E-state index contributed by atoms with van der Waals surface area (Å²) >= 11 is 11.1. The van der Waals surface area contributed by atoms with Crippen LogP contribution in [0.3, 0.4) is 0 Å². The summed E-state index contributed by atoms with van der Waals surface area (Å²) in [6, 6.07) is 14.3. The summed E-state index contributed by atoms with van der Waals surface area (Å²) in [5.74, 6) is -0.386. The van der Waals surface area contributed by atoms with Gasteiger partial charge in [0.15, 0.2) is 0 Å². The van der Waals surface area contributed by atoms with Gasteiger partial charge in [-0.25, -0.2) is 0 Å². The highest BCUT2D eigenvalue weighted by molar-refractivity contribution is 7.80. The van der Waals surface area contributed by atoms with Gasteiger partial charge in [0.2, 0.25) is 11.8 Å². The zero-order chi connectivity index (χ0) is 28.7. The Bertz CT molecular complexity index is 1350. The molecule has 2 saturated heterocycles. The number of piperazine rings is 1. The number of nitrogens with one attached hydrogen (secondary N) is 1. The van der Waals surface area contributed by atoms with Crippen LogP contribution in [0.1, 0.15) is 60.7 Å². The van der Waals surface area contributed by atoms with Crippen LogP contribution < -0.4 is 5.32 Å². The van der Waals surface area contributed by atoms with E-state index in [9.17, 15) is 9.59 Å². The van der Waals surface area contributed by atoms with Crippen molar-refractivity contribution in [3.05, 3.63) is 75.3 Å². The van der Waals surface area contributed by atoms with E-state index in [2.05, 4.69) is 64.2 Å². The van der Waals surface area contributed by atoms with Crippen LogP contribution in [0.25, 0.3) is 5.57 Å². The maximum atomic E-state index is 12.6. The number of thiol groups is 1. The molecule has 2 amide bonds. The largest absolute Gasteiger partial charge is 0.371 e. The van der Waals surface area contributed by atoms with Gasteiger partial charge < -0.3 is 4.74 Å². The quantitative estimate of drug-likeness (QED) is 0.375. The van der Waals surface area contributed by atoms with E-state index in [-0.39, 0.29) is 28.8 Å². The van der Waals surface area contributed by atoms with Crippen LogP contribution in [0.4, 0.5) is 0 Å². The first-order valence-electron chi connectivity index (χ1n) is 14.6. The van der Waals surface area contributed by atoms with Crippen molar-refractivity contribution in [3.63, 3.8) is 0 Å². The van der Waals surface area contributed by atoms with E-state index >= 15 is 0 Å². The van der Waals surface area contributed by atoms with Crippen LogP contribution in [0.15, 0.2) is 48.0 Å². The molecule has 7 nitrogen and oxygen atoms in total. The molecular formula is C32H39ClN4O3S. The van der Waals surface area contributed by atoms with Crippen LogP contribution >= 0.6 is 24.2 Å². The van der Waals surface area contributed by atoms with E-state index in [0.29, 0.717) is 26.0 Å². The lowest BCUT2D eigenvalue weighted by Crippen LogP contribution is -2.51. The smallest absolute Gasteiger partial charge is 0.243 e. The molecule has 0 radical (unpaired) electrons. The number of hydrogen-bond donors (Lipinski definition) is 2. The summed E-state index contributed by atoms with van der Waals surface area (Å²) in [6.07, 6.45) is 1.82. The summed E-state index contributed by atoms with van der Waals surface area (Å²) in [6.45, 7) is 11.5. The molecule has 2 fully saturated rings. The van der Waals surface area contributed by atoms with Crippen molar-refractivity contribution >= 4 is 41.6 Å². The second kappa shape index (κ2) is 11.8. The third-order valence-electron chi connectivity index (χ3n) is 8.99. The van der Waals surface area contributed by atoms with Gasteiger partial charge in [-0.2, -0.15) is 12.6 Å². The lowest BCUT2D eigenvalue weighted by Gasteiger charge is -2.39. The van der Waals surface area contributed by atoms with Gasteiger partial charge >= 0.3 is 0 Å². The highest BCUT2D eigenvalue weighted by atomic mass is 35.5. The normalized spacial score (nSPS) is 25.9. The minimum absolute atomic E-state index is 0.142. The van der Waals surface area contributed by atoms with E-state index in [1.165, 1.54) is 33.4 Å². The summed E-state index contributed by atoms with van der Waals surface area (Å²) in [5, 5.41) is 3.12. The van der Waals surface area contributed by atoms with E-state index in [4.69, 9.17) is 29.0 Å². The summed E-state index contributed by atoms with van der Waals surface area (Å²) in [5.41, 5.74) is 7.59. The number of piperidine rings is 1. The Labute approximate surface area is 253 Å². The first-order valence-corrected chi connectivity index (χ1v) is 15.5. The van der Waals surface area contributed by atoms with Gasteiger partial charge in [-0.3, -0.25) is 29.6 Å². The third-order valence-corrected chi connectivity index (χ3v) is 9.81. The number of hydrogen-bond acceptors (Lipinski definition) is 7. The van der Waals surface area contributed by atoms with Crippen molar-refractivity contribution in [2.45, 2.75) is 63.2 Å². The Morgan fingerprint density at radius 2 is 1.73 bits per heavy atom. The van der Waals surface area contributed by atoms with Crippen LogP contribution in [0.2, 0.25) is 5.02 Å². The molecule has 4 heterocycles. The lowest BCUT2D eigenvalue weighted by atomic mass is 9.87. The van der Waals surface area contributed by atoms with E-state index < -0.39 is 0 Å². The molecule has 9 heteroatoms. The van der Waals surface area contributed by atoms with Crippen molar-refractivity contribution in [1.82, 2.24) is 20.0 Å². The predicted octanol–water partition coefficient (Wildman–Crippen LogP) is 4.66. The van der Waals surface area contributed by atoms with E-state index in [0.717, 1.165) is 50.7 Å². The van der Waals surface area contributed by atoms with Crippen molar-refractivity contribution in [2.75, 3.05) is 39.3 Å². The van der Waals surface area contributed by atoms with Gasteiger partial charge in [0.1, 0.15) is 0 Å². The highest BCUT2D eigenvalue weighted by Crippen LogP contribution is 2.41. The van der Waals surface area contributed by atoms with Crippen molar-refractivity contribution in [3.8, 4) is 0 Å². The van der Waals surface area contributed by atoms with Gasteiger partial charge in [-0.05, 0) is 65.8 Å². The number of carbonyl (C=O) groups is 2. The number of rotatable bonds is 6. The number of nitrogens with zero attached hydrogens (tertiary/aromatic N) is 3. The second-order valence-corrected chi connectivity index (χ2v) is 13.3. The topological polar surface area (TPSA) is 65.1 Å². The molecule has 2 aromatic rings. The third kappa shape index (κ3) is 6.28. The highest BCUT2D eigenvalue weighted by Gasteiger charge is 2.40. The Hall–Kier alpha value is -2.20. The Kier molecular flexibility index (Phi) is 8.33. The maximum Gasteiger partial charge on any atom is 0.243 e. The SMILES string of the molecule is CC1(C)CC(c2ccc(Cl)cc2)=C(CN2CCN(Cc3cccc4c3CN(C3CCC(=O)NC3=O)C4S)CC2)CO1. The summed E-state index contributed by atoms with van der Waals surface area (Å²) in [7, 11) is 0. The molecule has 218 valence electrons. The minimum Gasteiger partial charge on any atom is -0.371 e. The van der Waals surface area contributed by atoms with E-state index in [1.54, 1.807) is 0 Å². The fourth-order valence-corrected chi connectivity index (χ4v) is 7.26. The zero-order valence-electron chi connectivity index (χ0n) is 23.9. The molecule has 4 aliphatic heterocycles. The number of fused-ring (bicyclic) bond motifs is 1. The van der Waals surface area contributed by atoms with Crippen LogP contribution in [0.5, 0.6) is 0 Å². The van der Waals surface area contributed by atoms with Crippen LogP contribution in [0, 0.1) is 0 Å². The summed E-state index contributed by atoms with van der Waals surface area (Å²) in [4.78, 5) is 31.5. The Balaban J connectivity index is 1.10. The number of benzene rings is 2. The summed E-state index contributed by atoms with van der Waals surface area (Å²) < 4.78 is 6.24. The average Bonchev–Trinajstić information content (AvgIpc) is 3.28. The molecule has 2 unspecified atom stereocenters. The first kappa shape index (κ1) is 28.9. The Morgan fingerprint density at radius 3 is 2.44 bits per heavy atom. The molecule has 2 aromatic carbocycles. The van der Waals surface area contributed by atoms with Crippen LogP contribution in [-0.2, 0) is 27.4 Å². The molecular weight excluding hydrogens is 556 g/mol. The Morgan fingerprint density at radius 1 is 1.02 bits per heavy atom. The van der Waals surface area contributed by atoms with Gasteiger partial charge in [0, 0.05) is 63.7 Å².